The molecule has 0 aliphatic rings. The highest BCUT2D eigenvalue weighted by molar-refractivity contribution is 7.99. The van der Waals surface area contributed by atoms with E-state index in [-0.39, 0.29) is 28.6 Å². The number of nitrogens with two attached hydrogens (primary N) is 1. The van der Waals surface area contributed by atoms with Crippen molar-refractivity contribution in [3.05, 3.63) is 45.9 Å². The molecule has 1 heterocycles. The van der Waals surface area contributed by atoms with Crippen LogP contribution < -0.4 is 16.7 Å². The number of hydrogen-bond donors (Lipinski definition) is 2. The number of anilines is 1. The van der Waals surface area contributed by atoms with Crippen molar-refractivity contribution in [2.24, 2.45) is 0 Å². The second kappa shape index (κ2) is 8.48. The van der Waals surface area contributed by atoms with Crippen LogP contribution in [-0.2, 0) is 9.53 Å². The Balaban J connectivity index is 1.99. The first-order chi connectivity index (χ1) is 12.3. The van der Waals surface area contributed by atoms with E-state index in [4.69, 9.17) is 10.6 Å². The van der Waals surface area contributed by atoms with Crippen LogP contribution >= 0.6 is 11.8 Å². The smallest absolute Gasteiger partial charge is 0.338 e. The number of nitrogens with zero attached hydrogens (tertiary/aromatic N) is 3. The third kappa shape index (κ3) is 5.06. The maximum atomic E-state index is 12.1. The number of nitrogens with one attached hydrogen (secondary N) is 1. The summed E-state index contributed by atoms with van der Waals surface area (Å²) in [5.41, 5.74) is 0.490. The third-order valence-corrected chi connectivity index (χ3v) is 4.02. The molecule has 0 unspecified atom stereocenters. The second-order valence-electron chi connectivity index (χ2n) is 5.61. The van der Waals surface area contributed by atoms with Gasteiger partial charge in [0.15, 0.2) is 0 Å². The van der Waals surface area contributed by atoms with Crippen LogP contribution in [0.4, 0.5) is 5.69 Å². The quantitative estimate of drug-likeness (QED) is 0.432. The van der Waals surface area contributed by atoms with Gasteiger partial charge in [0.25, 0.3) is 5.56 Å². The average Bonchev–Trinajstić information content (AvgIpc) is 2.59. The third-order valence-electron chi connectivity index (χ3n) is 3.08. The summed E-state index contributed by atoms with van der Waals surface area (Å²) in [5, 5.41) is 10.3. The molecule has 0 saturated heterocycles. The van der Waals surface area contributed by atoms with E-state index in [0.717, 1.165) is 16.4 Å². The number of aryl methyl sites for hydroxylation is 1. The molecule has 0 aliphatic carbocycles. The van der Waals surface area contributed by atoms with Crippen LogP contribution in [0.2, 0.25) is 0 Å². The molecule has 0 saturated carbocycles. The molecular weight excluding hydrogens is 358 g/mol. The summed E-state index contributed by atoms with van der Waals surface area (Å²) in [6, 6.07) is 6.42. The Hall–Kier alpha value is -2.88. The number of amides is 1. The fourth-order valence-electron chi connectivity index (χ4n) is 1.90. The Kier molecular flexibility index (Phi) is 6.34. The molecule has 1 aromatic carbocycles. The monoisotopic (exact) mass is 377 g/mol. The van der Waals surface area contributed by atoms with Gasteiger partial charge in [-0.1, -0.05) is 17.8 Å². The van der Waals surface area contributed by atoms with Crippen LogP contribution in [0.5, 0.6) is 0 Å². The number of aromatic nitrogens is 3. The van der Waals surface area contributed by atoms with Crippen LogP contribution in [0, 0.1) is 6.92 Å². The predicted octanol–water partition coefficient (Wildman–Crippen LogP) is 0.957. The summed E-state index contributed by atoms with van der Waals surface area (Å²) in [4.78, 5) is 35.7. The molecule has 26 heavy (non-hydrogen) atoms. The Morgan fingerprint density at radius 3 is 2.77 bits per heavy atom. The van der Waals surface area contributed by atoms with Crippen LogP contribution in [0.15, 0.2) is 34.2 Å². The number of carbonyl (C=O) groups excluding carboxylic acids is 2. The molecule has 1 amide bonds. The van der Waals surface area contributed by atoms with Gasteiger partial charge in [-0.05, 0) is 39.0 Å². The van der Waals surface area contributed by atoms with Crippen LogP contribution in [0.25, 0.3) is 0 Å². The summed E-state index contributed by atoms with van der Waals surface area (Å²) >= 11 is 0.977. The Morgan fingerprint density at radius 2 is 2.08 bits per heavy atom. The normalized spacial score (nSPS) is 10.6. The van der Waals surface area contributed by atoms with Crippen molar-refractivity contribution >= 4 is 29.3 Å². The van der Waals surface area contributed by atoms with Crippen LogP contribution in [-0.4, -0.2) is 38.6 Å². The standard InChI is InChI=1S/C16H19N5O4S/c1-9(2)25-15(24)11-5-4-6-12(7-11)18-13(22)8-26-16-20-19-10(3)14(23)21(16)17/h4-7,9H,8,17H2,1-3H3,(H,18,22). The summed E-state index contributed by atoms with van der Waals surface area (Å²) in [7, 11) is 0. The number of esters is 1. The van der Waals surface area contributed by atoms with Gasteiger partial charge in [0, 0.05) is 5.69 Å². The number of rotatable bonds is 6. The maximum Gasteiger partial charge on any atom is 0.338 e. The molecule has 138 valence electrons. The van der Waals surface area contributed by atoms with Crippen molar-refractivity contribution in [3.8, 4) is 0 Å². The minimum Gasteiger partial charge on any atom is -0.459 e. The van der Waals surface area contributed by atoms with E-state index in [0.29, 0.717) is 11.3 Å². The molecule has 2 aromatic rings. The molecule has 10 heteroatoms. The molecule has 0 atom stereocenters. The van der Waals surface area contributed by atoms with Crippen molar-refractivity contribution < 1.29 is 14.3 Å². The zero-order valence-electron chi connectivity index (χ0n) is 14.6. The van der Waals surface area contributed by atoms with Crippen molar-refractivity contribution in [2.75, 3.05) is 16.9 Å². The van der Waals surface area contributed by atoms with E-state index in [1.54, 1.807) is 32.0 Å². The first-order valence-electron chi connectivity index (χ1n) is 7.73. The lowest BCUT2D eigenvalue weighted by molar-refractivity contribution is -0.113. The van der Waals surface area contributed by atoms with Gasteiger partial charge in [-0.2, -0.15) is 4.68 Å². The summed E-state index contributed by atoms with van der Waals surface area (Å²) in [6.07, 6.45) is -0.235. The van der Waals surface area contributed by atoms with E-state index >= 15 is 0 Å². The first-order valence-corrected chi connectivity index (χ1v) is 8.71. The second-order valence-corrected chi connectivity index (χ2v) is 6.56. The van der Waals surface area contributed by atoms with E-state index in [9.17, 15) is 14.4 Å². The molecule has 0 bridgehead atoms. The van der Waals surface area contributed by atoms with Gasteiger partial charge in [-0.25, -0.2) is 4.79 Å². The summed E-state index contributed by atoms with van der Waals surface area (Å²) in [6.45, 7) is 5.01. The Bertz CT molecular complexity index is 881. The van der Waals surface area contributed by atoms with E-state index in [2.05, 4.69) is 15.5 Å². The van der Waals surface area contributed by atoms with Gasteiger partial charge in [-0.15, -0.1) is 10.2 Å². The zero-order chi connectivity index (χ0) is 19.3. The van der Waals surface area contributed by atoms with Gasteiger partial charge in [-0.3, -0.25) is 9.59 Å². The van der Waals surface area contributed by atoms with Crippen LogP contribution in [0.1, 0.15) is 29.9 Å². The van der Waals surface area contributed by atoms with Crippen molar-refractivity contribution in [1.82, 2.24) is 14.9 Å². The fraction of sp³-hybridized carbons (Fsp3) is 0.312. The number of benzene rings is 1. The number of nitrogen functional groups attached to an aromatic ring is 1. The summed E-state index contributed by atoms with van der Waals surface area (Å²) < 4.78 is 5.97. The topological polar surface area (TPSA) is 129 Å². The highest BCUT2D eigenvalue weighted by Gasteiger charge is 2.13. The molecule has 1 aromatic heterocycles. The minimum atomic E-state index is -0.473. The average molecular weight is 377 g/mol. The lowest BCUT2D eigenvalue weighted by Gasteiger charge is -2.10. The molecule has 0 aliphatic heterocycles. The molecule has 0 fully saturated rings. The number of carbonyl (C=O) groups is 2. The van der Waals surface area contributed by atoms with Crippen LogP contribution in [0.3, 0.4) is 0 Å². The van der Waals surface area contributed by atoms with Gasteiger partial charge < -0.3 is 15.9 Å². The van der Waals surface area contributed by atoms with Crippen molar-refractivity contribution in [1.29, 1.82) is 0 Å². The van der Waals surface area contributed by atoms with Crippen molar-refractivity contribution in [3.63, 3.8) is 0 Å². The first kappa shape index (κ1) is 19.4. The predicted molar refractivity (Wildman–Crippen MR) is 97.5 cm³/mol. The molecule has 0 spiro atoms. The molecular formula is C16H19N5O4S. The van der Waals surface area contributed by atoms with Gasteiger partial charge in [0.2, 0.25) is 11.1 Å². The number of thioether (sulfide) groups is 1. The summed E-state index contributed by atoms with van der Waals surface area (Å²) in [5.74, 6) is 4.77. The largest absolute Gasteiger partial charge is 0.459 e. The Labute approximate surface area is 153 Å². The number of hydrogen-bond acceptors (Lipinski definition) is 8. The highest BCUT2D eigenvalue weighted by Crippen LogP contribution is 2.15. The molecule has 2 rings (SSSR count). The van der Waals surface area contributed by atoms with Gasteiger partial charge in [0.05, 0.1) is 17.4 Å². The van der Waals surface area contributed by atoms with Gasteiger partial charge >= 0.3 is 5.97 Å². The molecule has 0 radical (unpaired) electrons. The van der Waals surface area contributed by atoms with Crippen molar-refractivity contribution in [2.45, 2.75) is 32.0 Å². The SMILES string of the molecule is Cc1nnc(SCC(=O)Nc2cccc(C(=O)OC(C)C)c2)n(N)c1=O. The highest BCUT2D eigenvalue weighted by atomic mass is 32.2. The number of ether oxygens (including phenoxy) is 1. The lowest BCUT2D eigenvalue weighted by atomic mass is 10.2. The minimum absolute atomic E-state index is 0.0327. The van der Waals surface area contributed by atoms with E-state index < -0.39 is 11.5 Å². The van der Waals surface area contributed by atoms with E-state index in [1.165, 1.54) is 13.0 Å². The zero-order valence-corrected chi connectivity index (χ0v) is 15.4. The van der Waals surface area contributed by atoms with Gasteiger partial charge in [0.1, 0.15) is 5.69 Å². The fourth-order valence-corrected chi connectivity index (χ4v) is 2.55. The molecule has 9 nitrogen and oxygen atoms in total. The maximum absolute atomic E-state index is 12.1. The Morgan fingerprint density at radius 1 is 1.35 bits per heavy atom. The molecule has 3 N–H and O–H groups in total. The lowest BCUT2D eigenvalue weighted by Crippen LogP contribution is -2.32. The van der Waals surface area contributed by atoms with E-state index in [1.807, 2.05) is 0 Å².